The van der Waals surface area contributed by atoms with E-state index in [0.717, 1.165) is 40.5 Å². The molecule has 152 valence electrons. The van der Waals surface area contributed by atoms with Crippen molar-refractivity contribution in [3.05, 3.63) is 63.9 Å². The van der Waals surface area contributed by atoms with Gasteiger partial charge in [-0.3, -0.25) is 10.1 Å². The average molecular weight is 401 g/mol. The molecular formula is C24H23N3O3. The van der Waals surface area contributed by atoms with E-state index in [1.807, 2.05) is 32.9 Å². The first-order valence-corrected chi connectivity index (χ1v) is 10.3. The molecule has 5 rings (SSSR count). The Morgan fingerprint density at radius 3 is 2.57 bits per heavy atom. The zero-order valence-corrected chi connectivity index (χ0v) is 17.3. The summed E-state index contributed by atoms with van der Waals surface area (Å²) in [5.74, 6) is 0.200. The third-order valence-electron chi connectivity index (χ3n) is 6.10. The molecule has 0 fully saturated rings. The molecule has 0 unspecified atom stereocenters. The first-order valence-electron chi connectivity index (χ1n) is 10.3. The second-order valence-corrected chi connectivity index (χ2v) is 8.09. The smallest absolute Gasteiger partial charge is 0.292 e. The molecule has 1 amide bonds. The van der Waals surface area contributed by atoms with E-state index in [-0.39, 0.29) is 11.7 Å². The fourth-order valence-electron chi connectivity index (χ4n) is 4.20. The molecular weight excluding hydrogens is 378 g/mol. The Hall–Kier alpha value is -3.41. The minimum atomic E-state index is -0.367. The summed E-state index contributed by atoms with van der Waals surface area (Å²) in [6.07, 6.45) is 4.60. The van der Waals surface area contributed by atoms with Crippen LogP contribution in [0.3, 0.4) is 0 Å². The van der Waals surface area contributed by atoms with Crippen LogP contribution in [0, 0.1) is 20.8 Å². The highest BCUT2D eigenvalue weighted by Gasteiger charge is 2.22. The van der Waals surface area contributed by atoms with Crippen molar-refractivity contribution in [2.45, 2.75) is 46.5 Å². The standard InChI is InChI=1S/C24H23N3O3/c1-13-10-19-15(3)22(29-20(19)11-14(13)2)24(28)25-23-21(26-30-27-23)18-9-8-16-6-4-5-7-17(16)12-18/h8-12H,4-7H2,1-3H3,(H,25,27,28). The molecule has 0 saturated heterocycles. The SMILES string of the molecule is Cc1cc2oc(C(=O)Nc3nonc3-c3ccc4c(c3)CCCC4)c(C)c2cc1C. The zero-order valence-electron chi connectivity index (χ0n) is 17.3. The number of carbonyl (C=O) groups excluding carboxylic acids is 1. The van der Waals surface area contributed by atoms with Gasteiger partial charge in [0, 0.05) is 16.5 Å². The van der Waals surface area contributed by atoms with Crippen molar-refractivity contribution in [1.82, 2.24) is 10.3 Å². The molecule has 1 aliphatic carbocycles. The number of fused-ring (bicyclic) bond motifs is 2. The van der Waals surface area contributed by atoms with E-state index < -0.39 is 0 Å². The normalized spacial score (nSPS) is 13.4. The Morgan fingerprint density at radius 2 is 1.73 bits per heavy atom. The number of anilines is 1. The minimum Gasteiger partial charge on any atom is -0.451 e. The summed E-state index contributed by atoms with van der Waals surface area (Å²) in [6.45, 7) is 5.96. The van der Waals surface area contributed by atoms with Crippen LogP contribution in [-0.2, 0) is 12.8 Å². The number of aromatic nitrogens is 2. The summed E-state index contributed by atoms with van der Waals surface area (Å²) in [5, 5.41) is 11.7. The number of nitrogens with one attached hydrogen (secondary N) is 1. The summed E-state index contributed by atoms with van der Waals surface area (Å²) in [4.78, 5) is 13.0. The van der Waals surface area contributed by atoms with Gasteiger partial charge in [0.05, 0.1) is 0 Å². The first kappa shape index (κ1) is 18.6. The first-order chi connectivity index (χ1) is 14.5. The number of furan rings is 1. The van der Waals surface area contributed by atoms with Crippen molar-refractivity contribution >= 4 is 22.7 Å². The van der Waals surface area contributed by atoms with E-state index in [4.69, 9.17) is 9.05 Å². The topological polar surface area (TPSA) is 81.2 Å². The summed E-state index contributed by atoms with van der Waals surface area (Å²) >= 11 is 0. The molecule has 0 aliphatic heterocycles. The maximum Gasteiger partial charge on any atom is 0.292 e. The number of amides is 1. The van der Waals surface area contributed by atoms with Gasteiger partial charge in [-0.05, 0) is 97.2 Å². The van der Waals surface area contributed by atoms with Crippen LogP contribution in [0.5, 0.6) is 0 Å². The molecule has 6 heteroatoms. The highest BCUT2D eigenvalue weighted by Crippen LogP contribution is 2.32. The third-order valence-corrected chi connectivity index (χ3v) is 6.10. The summed E-state index contributed by atoms with van der Waals surface area (Å²) < 4.78 is 10.8. The lowest BCUT2D eigenvalue weighted by molar-refractivity contribution is 0.0997. The monoisotopic (exact) mass is 401 g/mol. The molecule has 0 bridgehead atoms. The van der Waals surface area contributed by atoms with Crippen LogP contribution in [0.1, 0.15) is 51.2 Å². The van der Waals surface area contributed by atoms with Crippen LogP contribution in [0.2, 0.25) is 0 Å². The molecule has 0 spiro atoms. The number of nitrogens with zero attached hydrogens (tertiary/aromatic N) is 2. The van der Waals surface area contributed by atoms with E-state index in [1.54, 1.807) is 0 Å². The zero-order chi connectivity index (χ0) is 20.8. The lowest BCUT2D eigenvalue weighted by Crippen LogP contribution is -2.13. The molecule has 2 aromatic heterocycles. The molecule has 2 heterocycles. The Morgan fingerprint density at radius 1 is 0.967 bits per heavy atom. The lowest BCUT2D eigenvalue weighted by atomic mass is 9.90. The van der Waals surface area contributed by atoms with Crippen LogP contribution in [-0.4, -0.2) is 16.2 Å². The maximum absolute atomic E-state index is 13.0. The van der Waals surface area contributed by atoms with Gasteiger partial charge in [0.2, 0.25) is 5.82 Å². The van der Waals surface area contributed by atoms with Crippen LogP contribution >= 0.6 is 0 Å². The fraction of sp³-hybridized carbons (Fsp3) is 0.292. The Balaban J connectivity index is 1.46. The second kappa shape index (κ2) is 7.13. The van der Waals surface area contributed by atoms with Gasteiger partial charge < -0.3 is 4.42 Å². The Bertz CT molecular complexity index is 1280. The number of benzene rings is 2. The van der Waals surface area contributed by atoms with Crippen molar-refractivity contribution in [1.29, 1.82) is 0 Å². The van der Waals surface area contributed by atoms with Crippen molar-refractivity contribution in [2.24, 2.45) is 0 Å². The largest absolute Gasteiger partial charge is 0.451 e. The number of hydrogen-bond acceptors (Lipinski definition) is 5. The van der Waals surface area contributed by atoms with Crippen LogP contribution < -0.4 is 5.32 Å². The van der Waals surface area contributed by atoms with Crippen molar-refractivity contribution < 1.29 is 13.8 Å². The van der Waals surface area contributed by atoms with Crippen LogP contribution in [0.15, 0.2) is 39.4 Å². The van der Waals surface area contributed by atoms with E-state index in [2.05, 4.69) is 33.8 Å². The highest BCUT2D eigenvalue weighted by molar-refractivity contribution is 6.07. The fourth-order valence-corrected chi connectivity index (χ4v) is 4.20. The maximum atomic E-state index is 13.0. The molecule has 0 radical (unpaired) electrons. The molecule has 30 heavy (non-hydrogen) atoms. The van der Waals surface area contributed by atoms with Gasteiger partial charge in [-0.15, -0.1) is 0 Å². The van der Waals surface area contributed by atoms with E-state index in [1.165, 1.54) is 24.0 Å². The second-order valence-electron chi connectivity index (χ2n) is 8.09. The predicted molar refractivity (Wildman–Crippen MR) is 115 cm³/mol. The number of carbonyl (C=O) groups is 1. The van der Waals surface area contributed by atoms with Crippen molar-refractivity contribution in [3.8, 4) is 11.3 Å². The van der Waals surface area contributed by atoms with Gasteiger partial charge >= 0.3 is 0 Å². The van der Waals surface area contributed by atoms with E-state index >= 15 is 0 Å². The van der Waals surface area contributed by atoms with E-state index in [0.29, 0.717) is 17.1 Å². The summed E-state index contributed by atoms with van der Waals surface area (Å²) in [5.41, 5.74) is 7.92. The molecule has 0 atom stereocenters. The van der Waals surface area contributed by atoms with Gasteiger partial charge in [0.15, 0.2) is 11.5 Å². The van der Waals surface area contributed by atoms with Gasteiger partial charge in [0.25, 0.3) is 5.91 Å². The number of rotatable bonds is 3. The highest BCUT2D eigenvalue weighted by atomic mass is 16.6. The summed E-state index contributed by atoms with van der Waals surface area (Å²) in [7, 11) is 0. The molecule has 6 nitrogen and oxygen atoms in total. The predicted octanol–water partition coefficient (Wildman–Crippen LogP) is 5.54. The van der Waals surface area contributed by atoms with Crippen molar-refractivity contribution in [2.75, 3.05) is 5.32 Å². The summed E-state index contributed by atoms with van der Waals surface area (Å²) in [6, 6.07) is 10.3. The van der Waals surface area contributed by atoms with Gasteiger partial charge in [0.1, 0.15) is 5.58 Å². The Kier molecular flexibility index (Phi) is 4.42. The van der Waals surface area contributed by atoms with Gasteiger partial charge in [-0.25, -0.2) is 4.63 Å². The number of aryl methyl sites for hydroxylation is 5. The van der Waals surface area contributed by atoms with Gasteiger partial charge in [-0.1, -0.05) is 12.1 Å². The molecule has 0 saturated carbocycles. The molecule has 4 aromatic rings. The third kappa shape index (κ3) is 3.09. The van der Waals surface area contributed by atoms with Gasteiger partial charge in [-0.2, -0.15) is 0 Å². The lowest BCUT2D eigenvalue weighted by Gasteiger charge is -2.16. The quantitative estimate of drug-likeness (QED) is 0.487. The molecule has 2 aromatic carbocycles. The average Bonchev–Trinajstić information content (AvgIpc) is 3.33. The number of hydrogen-bond donors (Lipinski definition) is 1. The van der Waals surface area contributed by atoms with E-state index in [9.17, 15) is 4.79 Å². The van der Waals surface area contributed by atoms with Crippen LogP contribution in [0.4, 0.5) is 5.82 Å². The van der Waals surface area contributed by atoms with Crippen LogP contribution in [0.25, 0.3) is 22.2 Å². The minimum absolute atomic E-state index is 0.273. The molecule has 1 aliphatic rings. The molecule has 1 N–H and O–H groups in total. The Labute approximate surface area is 174 Å². The van der Waals surface area contributed by atoms with Crippen molar-refractivity contribution in [3.63, 3.8) is 0 Å².